The van der Waals surface area contributed by atoms with E-state index in [2.05, 4.69) is 10.2 Å². The van der Waals surface area contributed by atoms with Crippen molar-refractivity contribution >= 4 is 21.4 Å². The van der Waals surface area contributed by atoms with E-state index < -0.39 is 33.5 Å². The van der Waals surface area contributed by atoms with E-state index in [9.17, 15) is 22.2 Å². The molecule has 2 aromatic carbocycles. The zero-order chi connectivity index (χ0) is 23.8. The van der Waals surface area contributed by atoms with Crippen LogP contribution in [-0.4, -0.2) is 16.5 Å². The third kappa shape index (κ3) is 4.15. The van der Waals surface area contributed by atoms with Crippen molar-refractivity contribution in [3.8, 4) is 6.07 Å². The summed E-state index contributed by atoms with van der Waals surface area (Å²) in [6.07, 6.45) is -3.46. The number of alkyl halides is 3. The first kappa shape index (κ1) is 22.8. The van der Waals surface area contributed by atoms with Crippen molar-refractivity contribution in [1.82, 2.24) is 5.32 Å². The van der Waals surface area contributed by atoms with Crippen molar-refractivity contribution < 1.29 is 22.2 Å². The van der Waals surface area contributed by atoms with Crippen molar-refractivity contribution in [1.29, 1.82) is 10.0 Å². The summed E-state index contributed by atoms with van der Waals surface area (Å²) in [5.74, 6) is 0. The van der Waals surface area contributed by atoms with Crippen LogP contribution in [0.15, 0.2) is 58.8 Å². The Hall–Kier alpha value is -3.83. The standard InChI is InChI=1S/C21H16F3N5O2S/c1-12-18(27-2)19(16-8-7-13(11-25)9-17(16)32(3,26)31)28-20(30)29(12)15-6-4-5-14(10-15)21(22,23)24/h4-10,19,26H,1,3H3,(H,28,30)/t19-,32-/m1/s1. The van der Waals surface area contributed by atoms with Crippen LogP contribution in [0.25, 0.3) is 4.85 Å². The molecule has 164 valence electrons. The molecule has 0 spiro atoms. The fraction of sp³-hybridized carbons (Fsp3) is 0.190. The Labute approximate surface area is 182 Å². The first-order chi connectivity index (χ1) is 14.9. The minimum atomic E-state index is -4.61. The molecule has 2 atom stereocenters. The highest BCUT2D eigenvalue weighted by atomic mass is 32.2. The molecule has 2 aromatic rings. The summed E-state index contributed by atoms with van der Waals surface area (Å²) in [7, 11) is -3.34. The summed E-state index contributed by atoms with van der Waals surface area (Å²) in [6, 6.07) is 8.26. The summed E-state index contributed by atoms with van der Waals surface area (Å²) in [4.78, 5) is 17.3. The highest BCUT2D eigenvalue weighted by Crippen LogP contribution is 2.38. The van der Waals surface area contributed by atoms with E-state index in [4.69, 9.17) is 16.6 Å². The molecule has 7 nitrogen and oxygen atoms in total. The van der Waals surface area contributed by atoms with Crippen LogP contribution in [0.4, 0.5) is 23.7 Å². The van der Waals surface area contributed by atoms with Gasteiger partial charge in [-0.1, -0.05) is 12.1 Å². The van der Waals surface area contributed by atoms with Gasteiger partial charge in [-0.05, 0) is 42.8 Å². The number of carbonyl (C=O) groups excluding carboxylic acids is 1. The molecule has 0 unspecified atom stereocenters. The lowest BCUT2D eigenvalue weighted by molar-refractivity contribution is -0.137. The zero-order valence-corrected chi connectivity index (χ0v) is 17.6. The van der Waals surface area contributed by atoms with Gasteiger partial charge in [0.25, 0.3) is 0 Å². The number of carbonyl (C=O) groups is 1. The maximum absolute atomic E-state index is 13.1. The number of nitrogens with zero attached hydrogens (tertiary/aromatic N) is 3. The van der Waals surface area contributed by atoms with E-state index >= 15 is 0 Å². The summed E-state index contributed by atoms with van der Waals surface area (Å²) in [6.45, 7) is 9.03. The SMILES string of the molecule is [C-]#[N+]C1=C(C)N(c2cccc(C(F)(F)F)c2)C(=O)N[C@@H]1c1ccc(C#N)cc1[S@](C)(=N)=O. The van der Waals surface area contributed by atoms with Crippen molar-refractivity contribution in [2.75, 3.05) is 11.2 Å². The van der Waals surface area contributed by atoms with E-state index in [0.29, 0.717) is 0 Å². The predicted octanol–water partition coefficient (Wildman–Crippen LogP) is 5.03. The maximum Gasteiger partial charge on any atom is 0.416 e. The molecule has 32 heavy (non-hydrogen) atoms. The van der Waals surface area contributed by atoms with Gasteiger partial charge in [0, 0.05) is 17.6 Å². The molecular weight excluding hydrogens is 443 g/mol. The predicted molar refractivity (Wildman–Crippen MR) is 111 cm³/mol. The van der Waals surface area contributed by atoms with E-state index in [0.717, 1.165) is 29.4 Å². The van der Waals surface area contributed by atoms with Gasteiger partial charge < -0.3 is 5.32 Å². The zero-order valence-electron chi connectivity index (χ0n) is 16.8. The van der Waals surface area contributed by atoms with Gasteiger partial charge in [0.1, 0.15) is 0 Å². The number of halogens is 3. The number of allylic oxidation sites excluding steroid dienone is 1. The van der Waals surface area contributed by atoms with E-state index in [1.807, 2.05) is 6.07 Å². The lowest BCUT2D eigenvalue weighted by atomic mass is 9.99. The molecule has 0 fully saturated rings. The Morgan fingerprint density at radius 2 is 1.97 bits per heavy atom. The Kier molecular flexibility index (Phi) is 5.73. The van der Waals surface area contributed by atoms with Crippen LogP contribution >= 0.6 is 0 Å². The number of hydrogen-bond donors (Lipinski definition) is 2. The van der Waals surface area contributed by atoms with Crippen LogP contribution in [0.2, 0.25) is 0 Å². The minimum absolute atomic E-state index is 0.0108. The van der Waals surface area contributed by atoms with Gasteiger partial charge in [0.2, 0.25) is 5.70 Å². The van der Waals surface area contributed by atoms with Crippen LogP contribution < -0.4 is 10.2 Å². The molecule has 0 saturated carbocycles. The summed E-state index contributed by atoms with van der Waals surface area (Å²) in [5.41, 5.74) is -0.588. The quantitative estimate of drug-likeness (QED) is 0.629. The van der Waals surface area contributed by atoms with E-state index in [-0.39, 0.29) is 33.1 Å². The van der Waals surface area contributed by atoms with Crippen molar-refractivity contribution in [3.05, 3.63) is 82.0 Å². The number of amides is 2. The number of benzene rings is 2. The first-order valence-corrected chi connectivity index (χ1v) is 11.0. The van der Waals surface area contributed by atoms with Crippen LogP contribution in [0.3, 0.4) is 0 Å². The Morgan fingerprint density at radius 1 is 1.28 bits per heavy atom. The third-order valence-electron chi connectivity index (χ3n) is 4.88. The molecule has 0 aliphatic carbocycles. The largest absolute Gasteiger partial charge is 0.416 e. The van der Waals surface area contributed by atoms with Gasteiger partial charge in [-0.25, -0.2) is 18.6 Å². The van der Waals surface area contributed by atoms with Gasteiger partial charge in [-0.3, -0.25) is 4.90 Å². The molecule has 1 aliphatic rings. The number of nitriles is 1. The number of rotatable bonds is 3. The van der Waals surface area contributed by atoms with Crippen LogP contribution in [-0.2, 0) is 15.9 Å². The van der Waals surface area contributed by atoms with Gasteiger partial charge in [-0.15, -0.1) is 0 Å². The first-order valence-electron chi connectivity index (χ1n) is 9.02. The van der Waals surface area contributed by atoms with Crippen molar-refractivity contribution in [2.24, 2.45) is 0 Å². The molecule has 1 aliphatic heterocycles. The molecular formula is C21H16F3N5O2S. The van der Waals surface area contributed by atoms with Crippen molar-refractivity contribution in [3.63, 3.8) is 0 Å². The van der Waals surface area contributed by atoms with Crippen LogP contribution in [0.1, 0.15) is 29.7 Å². The molecule has 3 rings (SSSR count). The van der Waals surface area contributed by atoms with Crippen LogP contribution in [0, 0.1) is 22.7 Å². The maximum atomic E-state index is 13.1. The molecule has 2 N–H and O–H groups in total. The average Bonchev–Trinajstić information content (AvgIpc) is 2.72. The Bertz CT molecular complexity index is 1330. The van der Waals surface area contributed by atoms with Crippen molar-refractivity contribution in [2.45, 2.75) is 24.0 Å². The Balaban J connectivity index is 2.19. The third-order valence-corrected chi connectivity index (χ3v) is 6.07. The minimum Gasteiger partial charge on any atom is -0.335 e. The van der Waals surface area contributed by atoms with E-state index in [1.165, 1.54) is 31.2 Å². The van der Waals surface area contributed by atoms with Crippen LogP contribution in [0.5, 0.6) is 0 Å². The number of nitrogens with one attached hydrogen (secondary N) is 2. The number of hydrogen-bond acceptors (Lipinski definition) is 4. The normalized spacial score (nSPS) is 18.4. The summed E-state index contributed by atoms with van der Waals surface area (Å²) in [5, 5.41) is 11.7. The molecule has 0 aromatic heterocycles. The second kappa shape index (κ2) is 8.02. The van der Waals surface area contributed by atoms with Gasteiger partial charge in [-0.2, -0.15) is 18.4 Å². The molecule has 1 heterocycles. The fourth-order valence-corrected chi connectivity index (χ4v) is 4.40. The summed E-state index contributed by atoms with van der Waals surface area (Å²) >= 11 is 0. The monoisotopic (exact) mass is 459 g/mol. The molecule has 2 amide bonds. The second-order valence-corrected chi connectivity index (χ2v) is 9.18. The highest BCUT2D eigenvalue weighted by Gasteiger charge is 2.37. The van der Waals surface area contributed by atoms with Gasteiger partial charge in [0.15, 0.2) is 0 Å². The lowest BCUT2D eigenvalue weighted by Gasteiger charge is -2.35. The second-order valence-electron chi connectivity index (χ2n) is 7.06. The highest BCUT2D eigenvalue weighted by molar-refractivity contribution is 7.91. The molecule has 0 bridgehead atoms. The van der Waals surface area contributed by atoms with Gasteiger partial charge >= 0.3 is 12.2 Å². The molecule has 0 radical (unpaired) electrons. The lowest BCUT2D eigenvalue weighted by Crippen LogP contribution is -2.46. The fourth-order valence-electron chi connectivity index (χ4n) is 3.41. The molecule has 0 saturated heterocycles. The number of anilines is 1. The smallest absolute Gasteiger partial charge is 0.335 e. The van der Waals surface area contributed by atoms with E-state index in [1.54, 1.807) is 0 Å². The Morgan fingerprint density at radius 3 is 2.53 bits per heavy atom. The average molecular weight is 459 g/mol. The molecule has 11 heteroatoms. The topological polar surface area (TPSA) is 101 Å². The number of urea groups is 1. The van der Waals surface area contributed by atoms with Gasteiger partial charge in [0.05, 0.1) is 44.4 Å². The summed E-state index contributed by atoms with van der Waals surface area (Å²) < 4.78 is 59.9.